The highest BCUT2D eigenvalue weighted by Crippen LogP contribution is 2.48. The van der Waals surface area contributed by atoms with Crippen molar-refractivity contribution in [3.05, 3.63) is 400 Å². The van der Waals surface area contributed by atoms with Gasteiger partial charge in [-0.15, -0.1) is 0 Å². The van der Waals surface area contributed by atoms with Gasteiger partial charge in [-0.2, -0.15) is 0 Å². The Morgan fingerprint density at radius 2 is 0.557 bits per heavy atom. The van der Waals surface area contributed by atoms with Crippen LogP contribution in [0.1, 0.15) is 0 Å². The van der Waals surface area contributed by atoms with E-state index in [1.807, 2.05) is 0 Å². The zero-order valence-corrected chi connectivity index (χ0v) is 57.8. The zero-order chi connectivity index (χ0) is 70.3. The molecular weight excluding hydrogens is 1290 g/mol. The first-order valence-electron chi connectivity index (χ1n) is 36.0. The second-order valence-electron chi connectivity index (χ2n) is 26.8. The van der Waals surface area contributed by atoms with Crippen molar-refractivity contribution in [1.82, 2.24) is 19.9 Å². The van der Waals surface area contributed by atoms with E-state index >= 15 is 0 Å². The van der Waals surface area contributed by atoms with Crippen LogP contribution in [0, 0.1) is 0 Å². The molecule has 0 bridgehead atoms. The van der Waals surface area contributed by atoms with Crippen LogP contribution >= 0.6 is 0 Å². The Hall–Kier alpha value is -14.2. The van der Waals surface area contributed by atoms with Crippen LogP contribution in [0.25, 0.3) is 153 Å². The van der Waals surface area contributed by atoms with Gasteiger partial charge in [0.15, 0.2) is 0 Å². The van der Waals surface area contributed by atoms with Crippen molar-refractivity contribution in [1.29, 1.82) is 0 Å². The summed E-state index contributed by atoms with van der Waals surface area (Å²) in [6, 6.07) is 142. The maximum Gasteiger partial charge on any atom is 0.235 e. The van der Waals surface area contributed by atoms with Crippen LogP contribution in [0.2, 0.25) is 0 Å². The summed E-state index contributed by atoms with van der Waals surface area (Å²) in [5.41, 5.74) is 18.8. The van der Waals surface area contributed by atoms with E-state index in [2.05, 4.69) is 410 Å². The highest BCUT2D eigenvalue weighted by atomic mass is 15.3. The molecule has 496 valence electrons. The van der Waals surface area contributed by atoms with Crippen LogP contribution in [0.15, 0.2) is 400 Å². The van der Waals surface area contributed by atoms with Gasteiger partial charge in [-0.3, -0.25) is 9.80 Å². The van der Waals surface area contributed by atoms with E-state index in [4.69, 9.17) is 19.9 Å². The predicted octanol–water partition coefficient (Wildman–Crippen LogP) is 27.1. The second-order valence-corrected chi connectivity index (χ2v) is 26.8. The Morgan fingerprint density at radius 1 is 0.179 bits per heavy atom. The summed E-state index contributed by atoms with van der Waals surface area (Å²) < 4.78 is 0. The molecule has 0 aliphatic carbocycles. The van der Waals surface area contributed by atoms with Crippen molar-refractivity contribution in [2.24, 2.45) is 0 Å². The first-order valence-corrected chi connectivity index (χ1v) is 36.0. The Kier molecular flexibility index (Phi) is 16.2. The third-order valence-corrected chi connectivity index (χ3v) is 20.5. The van der Waals surface area contributed by atoms with Gasteiger partial charge in [0.2, 0.25) is 11.9 Å². The van der Waals surface area contributed by atoms with Crippen LogP contribution in [-0.4, -0.2) is 19.9 Å². The third-order valence-electron chi connectivity index (χ3n) is 20.5. The molecule has 0 saturated heterocycles. The number of nitrogens with zero attached hydrogens (tertiary/aromatic N) is 6. The normalized spacial score (nSPS) is 11.4. The molecule has 6 nitrogen and oxygen atoms in total. The van der Waals surface area contributed by atoms with E-state index in [-0.39, 0.29) is 0 Å². The topological polar surface area (TPSA) is 58.0 Å². The van der Waals surface area contributed by atoms with E-state index in [9.17, 15) is 0 Å². The summed E-state index contributed by atoms with van der Waals surface area (Å²) in [5, 5.41) is 16.1. The predicted molar refractivity (Wildman–Crippen MR) is 446 cm³/mol. The van der Waals surface area contributed by atoms with Gasteiger partial charge < -0.3 is 0 Å². The molecule has 0 aliphatic heterocycles. The monoisotopic (exact) mass is 1350 g/mol. The molecule has 2 heterocycles. The van der Waals surface area contributed by atoms with Gasteiger partial charge >= 0.3 is 0 Å². The van der Waals surface area contributed by atoms with E-state index in [1.54, 1.807) is 0 Å². The molecule has 0 atom stereocenters. The van der Waals surface area contributed by atoms with Gasteiger partial charge in [0.05, 0.1) is 39.5 Å². The Bertz CT molecular complexity index is 6710. The van der Waals surface area contributed by atoms with Crippen molar-refractivity contribution in [2.45, 2.75) is 0 Å². The van der Waals surface area contributed by atoms with Crippen LogP contribution in [0.4, 0.5) is 34.6 Å². The first-order chi connectivity index (χ1) is 52.6. The lowest BCUT2D eigenvalue weighted by atomic mass is 9.93. The summed E-state index contributed by atoms with van der Waals surface area (Å²) in [7, 11) is 0. The fraction of sp³-hybridized carbons (Fsp3) is 0. The number of hydrogen-bond acceptors (Lipinski definition) is 6. The minimum atomic E-state index is 0.608. The lowest BCUT2D eigenvalue weighted by Crippen LogP contribution is -2.15. The third kappa shape index (κ3) is 11.7. The summed E-state index contributed by atoms with van der Waals surface area (Å²) in [6.45, 7) is 0. The molecular formula is C100H66N6. The summed E-state index contributed by atoms with van der Waals surface area (Å²) in [5.74, 6) is 1.22. The maximum absolute atomic E-state index is 5.55. The standard InChI is InChI=1S/2C50H33N3/c1-3-15-36(16-4-1)44-33-39(41-27-13-22-34-17-7-10-24-40(34)41)30-32-47(44)53(46-28-14-23-35-18-8-11-25-42(35)46)50-51-45-31-29-37-19-9-12-26-43(37)48(45)49(52-50)38-20-5-2-6-21-38;1-3-13-34(14-4-1)41-27-30-47(45(33-41)42-24-23-35-15-7-9-20-39(35)31-42)53(43-28-25-36-16-8-10-21-40(36)32-43)50-51-46-29-26-37-17-11-12-22-44(37)48(46)49(52-50)38-18-5-2-6-19-38/h2*1-33H. The SMILES string of the molecule is c1ccc(-c2cc(-c3cccc4ccccc34)ccc2N(c2nc(-c3ccccc3)c3c(ccc4ccccc43)n2)c2cccc3ccccc23)cc1.c1ccc(-c2ccc(N(c3ccc4ccccc4c3)c3nc(-c4ccccc4)c4c(ccc5ccccc54)n3)c(-c3ccc4ccccc4c3)c2)cc1. The average molecular weight is 1350 g/mol. The van der Waals surface area contributed by atoms with Crippen LogP contribution in [0.5, 0.6) is 0 Å². The van der Waals surface area contributed by atoms with Gasteiger partial charge in [0.25, 0.3) is 0 Å². The molecule has 0 N–H and O–H groups in total. The highest BCUT2D eigenvalue weighted by Gasteiger charge is 2.27. The van der Waals surface area contributed by atoms with Gasteiger partial charge in [0, 0.05) is 44.1 Å². The van der Waals surface area contributed by atoms with E-state index in [0.717, 1.165) is 138 Å². The highest BCUT2D eigenvalue weighted by molar-refractivity contribution is 6.15. The van der Waals surface area contributed by atoms with E-state index < -0.39 is 0 Å². The number of aromatic nitrogens is 4. The molecule has 0 saturated carbocycles. The summed E-state index contributed by atoms with van der Waals surface area (Å²) in [6.07, 6.45) is 0. The van der Waals surface area contributed by atoms with Crippen molar-refractivity contribution in [2.75, 3.05) is 9.80 Å². The zero-order valence-electron chi connectivity index (χ0n) is 57.8. The Morgan fingerprint density at radius 3 is 1.14 bits per heavy atom. The second kappa shape index (κ2) is 27.3. The minimum Gasteiger partial charge on any atom is -0.278 e. The number of anilines is 6. The fourth-order valence-corrected chi connectivity index (χ4v) is 15.4. The molecule has 106 heavy (non-hydrogen) atoms. The van der Waals surface area contributed by atoms with E-state index in [1.165, 1.54) is 38.1 Å². The van der Waals surface area contributed by atoms with Crippen LogP contribution in [0.3, 0.4) is 0 Å². The van der Waals surface area contributed by atoms with Gasteiger partial charge in [-0.25, -0.2) is 19.9 Å². The quantitative estimate of drug-likeness (QED) is 0.114. The molecule has 20 aromatic rings. The number of fused-ring (bicyclic) bond motifs is 10. The summed E-state index contributed by atoms with van der Waals surface area (Å²) >= 11 is 0. The lowest BCUT2D eigenvalue weighted by Gasteiger charge is -2.28. The molecule has 0 amide bonds. The Labute approximate surface area is 614 Å². The maximum atomic E-state index is 5.55. The molecule has 0 radical (unpaired) electrons. The largest absolute Gasteiger partial charge is 0.278 e. The first kappa shape index (κ1) is 62.8. The molecule has 6 heteroatoms. The van der Waals surface area contributed by atoms with Gasteiger partial charge in [0.1, 0.15) is 0 Å². The Balaban J connectivity index is 0.000000145. The number of rotatable bonds is 12. The summed E-state index contributed by atoms with van der Waals surface area (Å²) in [4.78, 5) is 26.5. The fourth-order valence-electron chi connectivity index (χ4n) is 15.4. The smallest absolute Gasteiger partial charge is 0.235 e. The average Bonchev–Trinajstić information content (AvgIpc) is 0.745. The molecule has 0 spiro atoms. The number of hydrogen-bond donors (Lipinski definition) is 0. The molecule has 0 fully saturated rings. The van der Waals surface area contributed by atoms with Crippen molar-refractivity contribution in [3.8, 4) is 67.0 Å². The molecule has 0 unspecified atom stereocenters. The van der Waals surface area contributed by atoms with Gasteiger partial charge in [-0.05, 0) is 153 Å². The lowest BCUT2D eigenvalue weighted by molar-refractivity contribution is 1.11. The van der Waals surface area contributed by atoms with Gasteiger partial charge in [-0.1, -0.05) is 340 Å². The minimum absolute atomic E-state index is 0.608. The molecule has 18 aromatic carbocycles. The van der Waals surface area contributed by atoms with E-state index in [0.29, 0.717) is 11.9 Å². The van der Waals surface area contributed by atoms with Crippen molar-refractivity contribution in [3.63, 3.8) is 0 Å². The number of benzene rings is 18. The van der Waals surface area contributed by atoms with Crippen LogP contribution in [-0.2, 0) is 0 Å². The molecule has 0 aliphatic rings. The molecule has 2 aromatic heterocycles. The van der Waals surface area contributed by atoms with Crippen molar-refractivity contribution < 1.29 is 0 Å². The molecule has 20 rings (SSSR count). The van der Waals surface area contributed by atoms with Crippen molar-refractivity contribution >= 4 is 121 Å². The van der Waals surface area contributed by atoms with Crippen LogP contribution < -0.4 is 9.80 Å².